The SMILES string of the molecule is Cc1cccn2c(=O)c(/C=C3/SC(=S)N(C(C)C)C3=O)c(N3CCN(c4ccccc4F)CC3)nc12. The van der Waals surface area contributed by atoms with Crippen molar-refractivity contribution in [3.05, 3.63) is 74.8 Å². The third-order valence-corrected chi connectivity index (χ3v) is 7.78. The molecule has 2 aromatic heterocycles. The normalized spacial score (nSPS) is 17.8. The number of nitrogens with zero attached hydrogens (tertiary/aromatic N) is 5. The zero-order valence-electron chi connectivity index (χ0n) is 20.3. The van der Waals surface area contributed by atoms with Gasteiger partial charge in [0.2, 0.25) is 0 Å². The van der Waals surface area contributed by atoms with E-state index in [4.69, 9.17) is 17.2 Å². The van der Waals surface area contributed by atoms with Crippen LogP contribution < -0.4 is 15.4 Å². The fourth-order valence-electron chi connectivity index (χ4n) is 4.59. The summed E-state index contributed by atoms with van der Waals surface area (Å²) < 4.78 is 16.3. The minimum absolute atomic E-state index is 0.0761. The monoisotopic (exact) mass is 523 g/mol. The largest absolute Gasteiger partial charge is 0.366 e. The number of thiocarbonyl (C=S) groups is 1. The van der Waals surface area contributed by atoms with Gasteiger partial charge in [0, 0.05) is 38.4 Å². The predicted molar refractivity (Wildman–Crippen MR) is 147 cm³/mol. The van der Waals surface area contributed by atoms with Gasteiger partial charge in [0.05, 0.1) is 16.2 Å². The highest BCUT2D eigenvalue weighted by Gasteiger charge is 2.34. The summed E-state index contributed by atoms with van der Waals surface area (Å²) in [6.07, 6.45) is 3.32. The molecule has 2 aliphatic rings. The van der Waals surface area contributed by atoms with Crippen molar-refractivity contribution in [2.45, 2.75) is 26.8 Å². The number of piperazine rings is 1. The van der Waals surface area contributed by atoms with Crippen LogP contribution in [0.4, 0.5) is 15.9 Å². The van der Waals surface area contributed by atoms with Gasteiger partial charge in [-0.3, -0.25) is 18.9 Å². The molecule has 186 valence electrons. The topological polar surface area (TPSA) is 61.2 Å². The highest BCUT2D eigenvalue weighted by molar-refractivity contribution is 8.26. The molecular weight excluding hydrogens is 497 g/mol. The average molecular weight is 524 g/mol. The molecule has 0 saturated carbocycles. The Balaban J connectivity index is 1.56. The van der Waals surface area contributed by atoms with Crippen LogP contribution >= 0.6 is 24.0 Å². The number of rotatable bonds is 4. The van der Waals surface area contributed by atoms with Crippen molar-refractivity contribution < 1.29 is 9.18 Å². The molecule has 0 N–H and O–H groups in total. The second-order valence-corrected chi connectivity index (χ2v) is 10.8. The molecule has 1 amide bonds. The van der Waals surface area contributed by atoms with Gasteiger partial charge in [0.15, 0.2) is 0 Å². The van der Waals surface area contributed by atoms with Gasteiger partial charge in [-0.2, -0.15) is 0 Å². The number of aromatic nitrogens is 2. The Kier molecular flexibility index (Phi) is 6.57. The first-order chi connectivity index (χ1) is 17.3. The van der Waals surface area contributed by atoms with Crippen LogP contribution in [-0.2, 0) is 4.79 Å². The first kappa shape index (κ1) is 24.5. The number of fused-ring (bicyclic) bond motifs is 1. The number of anilines is 2. The van der Waals surface area contributed by atoms with Crippen molar-refractivity contribution in [1.29, 1.82) is 0 Å². The van der Waals surface area contributed by atoms with E-state index in [2.05, 4.69) is 0 Å². The molecule has 0 aliphatic carbocycles. The molecule has 4 heterocycles. The third-order valence-electron chi connectivity index (χ3n) is 6.45. The van der Waals surface area contributed by atoms with Gasteiger partial charge in [-0.05, 0) is 50.6 Å². The number of thioether (sulfide) groups is 1. The lowest BCUT2D eigenvalue weighted by Gasteiger charge is -2.37. The minimum atomic E-state index is -0.253. The summed E-state index contributed by atoms with van der Waals surface area (Å²) in [6.45, 7) is 7.98. The van der Waals surface area contributed by atoms with Gasteiger partial charge in [-0.15, -0.1) is 0 Å². The molecule has 1 aromatic carbocycles. The number of para-hydroxylation sites is 1. The first-order valence-electron chi connectivity index (χ1n) is 11.8. The van der Waals surface area contributed by atoms with Gasteiger partial charge in [0.1, 0.15) is 21.6 Å². The third kappa shape index (κ3) is 4.28. The summed E-state index contributed by atoms with van der Waals surface area (Å²) in [5.74, 6) is 0.0675. The van der Waals surface area contributed by atoms with Crippen LogP contribution in [0.15, 0.2) is 52.3 Å². The Morgan fingerprint density at radius 1 is 1.06 bits per heavy atom. The van der Waals surface area contributed by atoms with E-state index < -0.39 is 0 Å². The standard InChI is InChI=1S/C26H26FN5O2S2/c1-16(2)32-25(34)21(36-26(32)35)15-18-23(28-22-17(3)7-6-10-31(22)24(18)33)30-13-11-29(12-14-30)20-9-5-4-8-19(20)27/h4-10,15-16H,11-14H2,1-3H3/b21-15+. The van der Waals surface area contributed by atoms with Crippen LogP contribution in [0.3, 0.4) is 0 Å². The van der Waals surface area contributed by atoms with E-state index in [0.29, 0.717) is 58.1 Å². The smallest absolute Gasteiger partial charge is 0.267 e. The van der Waals surface area contributed by atoms with Crippen molar-refractivity contribution in [3.63, 3.8) is 0 Å². The van der Waals surface area contributed by atoms with E-state index in [1.165, 1.54) is 22.2 Å². The highest BCUT2D eigenvalue weighted by atomic mass is 32.2. The summed E-state index contributed by atoms with van der Waals surface area (Å²) >= 11 is 6.63. The molecule has 3 aromatic rings. The maximum Gasteiger partial charge on any atom is 0.267 e. The quantitative estimate of drug-likeness (QED) is 0.377. The molecule has 2 aliphatic heterocycles. The summed E-state index contributed by atoms with van der Waals surface area (Å²) in [5.41, 5.74) is 2.11. The molecule has 0 radical (unpaired) electrons. The lowest BCUT2D eigenvalue weighted by molar-refractivity contribution is -0.123. The molecule has 0 spiro atoms. The lowest BCUT2D eigenvalue weighted by Crippen LogP contribution is -2.47. The molecule has 0 bridgehead atoms. The maximum atomic E-state index is 14.3. The van der Waals surface area contributed by atoms with E-state index in [1.54, 1.807) is 35.4 Å². The van der Waals surface area contributed by atoms with Crippen LogP contribution in [0.1, 0.15) is 25.0 Å². The molecule has 0 unspecified atom stereocenters. The number of carbonyl (C=O) groups excluding carboxylic acids is 1. The number of halogens is 1. The highest BCUT2D eigenvalue weighted by Crippen LogP contribution is 2.35. The molecule has 10 heteroatoms. The van der Waals surface area contributed by atoms with Crippen molar-refractivity contribution >= 4 is 57.4 Å². The van der Waals surface area contributed by atoms with E-state index >= 15 is 0 Å². The van der Waals surface area contributed by atoms with Crippen LogP contribution in [0.25, 0.3) is 11.7 Å². The number of hydrogen-bond donors (Lipinski definition) is 0. The van der Waals surface area contributed by atoms with Crippen molar-refractivity contribution in [2.24, 2.45) is 0 Å². The van der Waals surface area contributed by atoms with Crippen LogP contribution in [-0.4, -0.2) is 56.7 Å². The zero-order valence-corrected chi connectivity index (χ0v) is 21.9. The summed E-state index contributed by atoms with van der Waals surface area (Å²) in [4.78, 5) is 37.7. The fraction of sp³-hybridized carbons (Fsp3) is 0.308. The molecule has 2 fully saturated rings. The molecule has 0 atom stereocenters. The molecule has 2 saturated heterocycles. The first-order valence-corrected chi connectivity index (χ1v) is 13.0. The Morgan fingerprint density at radius 2 is 1.75 bits per heavy atom. The Morgan fingerprint density at radius 3 is 2.42 bits per heavy atom. The Bertz CT molecular complexity index is 1460. The number of carbonyl (C=O) groups is 1. The Labute approximate surface area is 218 Å². The summed E-state index contributed by atoms with van der Waals surface area (Å²) in [6, 6.07) is 10.4. The number of aryl methyl sites for hydroxylation is 1. The molecule has 36 heavy (non-hydrogen) atoms. The molecule has 7 nitrogen and oxygen atoms in total. The van der Waals surface area contributed by atoms with Gasteiger partial charge in [-0.1, -0.05) is 42.2 Å². The van der Waals surface area contributed by atoms with Crippen molar-refractivity contribution in [1.82, 2.24) is 14.3 Å². The maximum absolute atomic E-state index is 14.3. The van der Waals surface area contributed by atoms with Gasteiger partial charge in [0.25, 0.3) is 11.5 Å². The van der Waals surface area contributed by atoms with E-state index in [-0.39, 0.29) is 23.3 Å². The lowest BCUT2D eigenvalue weighted by atomic mass is 10.2. The second-order valence-electron chi connectivity index (χ2n) is 9.11. The van der Waals surface area contributed by atoms with E-state index in [0.717, 1.165) is 5.56 Å². The van der Waals surface area contributed by atoms with Crippen LogP contribution in [0.5, 0.6) is 0 Å². The zero-order chi connectivity index (χ0) is 25.6. The number of amides is 1. The van der Waals surface area contributed by atoms with Gasteiger partial charge >= 0.3 is 0 Å². The molecule has 5 rings (SSSR count). The number of benzene rings is 1. The van der Waals surface area contributed by atoms with Crippen LogP contribution in [0, 0.1) is 12.7 Å². The minimum Gasteiger partial charge on any atom is -0.366 e. The number of hydrogen-bond acceptors (Lipinski definition) is 7. The van der Waals surface area contributed by atoms with E-state index in [9.17, 15) is 14.0 Å². The summed E-state index contributed by atoms with van der Waals surface area (Å²) in [7, 11) is 0. The van der Waals surface area contributed by atoms with E-state index in [1.807, 2.05) is 42.7 Å². The van der Waals surface area contributed by atoms with Gasteiger partial charge < -0.3 is 9.80 Å². The van der Waals surface area contributed by atoms with Crippen molar-refractivity contribution in [2.75, 3.05) is 36.0 Å². The average Bonchev–Trinajstić information content (AvgIpc) is 3.14. The molecular formula is C26H26FN5O2S2. The van der Waals surface area contributed by atoms with Crippen molar-refractivity contribution in [3.8, 4) is 0 Å². The second kappa shape index (κ2) is 9.67. The summed E-state index contributed by atoms with van der Waals surface area (Å²) in [5, 5.41) is 0. The predicted octanol–water partition coefficient (Wildman–Crippen LogP) is 4.08. The van der Waals surface area contributed by atoms with Crippen LogP contribution in [0.2, 0.25) is 0 Å². The Hall–Kier alpha value is -3.24. The fourth-order valence-corrected chi connectivity index (χ4v) is 6.10. The number of pyridine rings is 1. The van der Waals surface area contributed by atoms with Gasteiger partial charge in [-0.25, -0.2) is 9.37 Å².